The number of anilines is 2. The van der Waals surface area contributed by atoms with Crippen LogP contribution >= 0.6 is 22.9 Å². The third kappa shape index (κ3) is 3.43. The molecule has 1 fully saturated rings. The molecule has 0 unspecified atom stereocenters. The normalized spacial score (nSPS) is 17.6. The highest BCUT2D eigenvalue weighted by atomic mass is 35.5. The Morgan fingerprint density at radius 1 is 1.28 bits per heavy atom. The average molecular weight is 374 g/mol. The number of hydrogen-bond donors (Lipinski definition) is 1. The number of aromatic nitrogens is 3. The molecule has 128 valence electrons. The Balaban J connectivity index is 1.50. The lowest BCUT2D eigenvalue weighted by Gasteiger charge is -2.33. The fourth-order valence-corrected chi connectivity index (χ4v) is 3.93. The topological polar surface area (TPSA) is 71.0 Å². The van der Waals surface area contributed by atoms with Gasteiger partial charge in [-0.25, -0.2) is 15.0 Å². The van der Waals surface area contributed by atoms with Crippen LogP contribution in [0, 0.1) is 5.92 Å². The molecule has 1 N–H and O–H groups in total. The molecule has 1 atom stereocenters. The molecule has 0 radical (unpaired) electrons. The van der Waals surface area contributed by atoms with Gasteiger partial charge in [-0.2, -0.15) is 0 Å². The fraction of sp³-hybridized carbons (Fsp3) is 0.294. The zero-order chi connectivity index (χ0) is 17.2. The Morgan fingerprint density at radius 3 is 3.04 bits per heavy atom. The van der Waals surface area contributed by atoms with Crippen LogP contribution in [0.5, 0.6) is 0 Å². The van der Waals surface area contributed by atoms with Gasteiger partial charge in [0.2, 0.25) is 5.91 Å². The zero-order valence-electron chi connectivity index (χ0n) is 13.4. The minimum Gasteiger partial charge on any atom is -0.355 e. The third-order valence-electron chi connectivity index (χ3n) is 4.31. The van der Waals surface area contributed by atoms with Gasteiger partial charge in [-0.05, 0) is 36.4 Å². The van der Waals surface area contributed by atoms with Gasteiger partial charge in [0.25, 0.3) is 0 Å². The van der Waals surface area contributed by atoms with Crippen molar-refractivity contribution in [3.8, 4) is 0 Å². The molecule has 1 saturated heterocycles. The number of rotatable bonds is 3. The Morgan fingerprint density at radius 2 is 2.20 bits per heavy atom. The van der Waals surface area contributed by atoms with E-state index in [4.69, 9.17) is 11.6 Å². The maximum absolute atomic E-state index is 12.6. The van der Waals surface area contributed by atoms with Crippen LogP contribution in [0.3, 0.4) is 0 Å². The van der Waals surface area contributed by atoms with Crippen molar-refractivity contribution < 1.29 is 4.79 Å². The first-order valence-electron chi connectivity index (χ1n) is 8.06. The van der Waals surface area contributed by atoms with Crippen molar-refractivity contribution in [2.75, 3.05) is 23.3 Å². The SMILES string of the molecule is O=C(Nc1ccc(Cl)cn1)[C@H]1CCCN(c2ncnc3sccc23)C1. The number of halogens is 1. The van der Waals surface area contributed by atoms with E-state index in [0.29, 0.717) is 17.4 Å². The molecule has 1 aliphatic heterocycles. The van der Waals surface area contributed by atoms with Crippen molar-refractivity contribution in [1.29, 1.82) is 0 Å². The van der Waals surface area contributed by atoms with E-state index >= 15 is 0 Å². The molecule has 4 heterocycles. The predicted octanol–water partition coefficient (Wildman–Crippen LogP) is 3.59. The van der Waals surface area contributed by atoms with Crippen molar-refractivity contribution in [3.05, 3.63) is 41.1 Å². The number of pyridine rings is 1. The van der Waals surface area contributed by atoms with Crippen molar-refractivity contribution in [2.24, 2.45) is 5.92 Å². The number of thiophene rings is 1. The van der Waals surface area contributed by atoms with Gasteiger partial charge in [-0.1, -0.05) is 11.6 Å². The second-order valence-corrected chi connectivity index (χ2v) is 7.30. The van der Waals surface area contributed by atoms with Crippen LogP contribution in [-0.2, 0) is 4.79 Å². The molecule has 6 nitrogen and oxygen atoms in total. The summed E-state index contributed by atoms with van der Waals surface area (Å²) in [6, 6.07) is 5.46. The smallest absolute Gasteiger partial charge is 0.230 e. The van der Waals surface area contributed by atoms with Gasteiger partial charge >= 0.3 is 0 Å². The minimum atomic E-state index is -0.102. The second-order valence-electron chi connectivity index (χ2n) is 5.97. The molecule has 3 aromatic rings. The number of hydrogen-bond acceptors (Lipinski definition) is 6. The maximum atomic E-state index is 12.6. The summed E-state index contributed by atoms with van der Waals surface area (Å²) in [6.07, 6.45) is 4.92. The first kappa shape index (κ1) is 16.2. The van der Waals surface area contributed by atoms with Crippen LogP contribution in [0.2, 0.25) is 5.02 Å². The van der Waals surface area contributed by atoms with Gasteiger partial charge in [-0.15, -0.1) is 11.3 Å². The standard InChI is InChI=1S/C17H16ClN5OS/c18-12-3-4-14(19-8-12)22-16(24)11-2-1-6-23(9-11)15-13-5-7-25-17(13)21-10-20-15/h3-5,7-8,10-11H,1-2,6,9H2,(H,19,22,24)/t11-/m0/s1. The van der Waals surface area contributed by atoms with E-state index in [-0.39, 0.29) is 11.8 Å². The Kier molecular flexibility index (Phi) is 4.50. The van der Waals surface area contributed by atoms with Gasteiger partial charge in [0.05, 0.1) is 16.3 Å². The molecule has 0 spiro atoms. The third-order valence-corrected chi connectivity index (χ3v) is 5.36. The highest BCUT2D eigenvalue weighted by Gasteiger charge is 2.27. The molecule has 0 aromatic carbocycles. The summed E-state index contributed by atoms with van der Waals surface area (Å²) in [5, 5.41) is 6.49. The molecular formula is C17H16ClN5OS. The summed E-state index contributed by atoms with van der Waals surface area (Å²) in [7, 11) is 0. The highest BCUT2D eigenvalue weighted by molar-refractivity contribution is 7.16. The van der Waals surface area contributed by atoms with Crippen LogP contribution in [0.1, 0.15) is 12.8 Å². The Hall–Kier alpha value is -2.25. The number of amides is 1. The molecule has 1 aliphatic rings. The second kappa shape index (κ2) is 6.93. The summed E-state index contributed by atoms with van der Waals surface area (Å²) in [4.78, 5) is 28.6. The minimum absolute atomic E-state index is 0.0184. The Bertz CT molecular complexity index is 897. The van der Waals surface area contributed by atoms with Gasteiger partial charge in [0.1, 0.15) is 22.8 Å². The molecule has 25 heavy (non-hydrogen) atoms. The number of nitrogens with one attached hydrogen (secondary N) is 1. The first-order valence-corrected chi connectivity index (χ1v) is 9.32. The molecule has 0 saturated carbocycles. The number of nitrogens with zero attached hydrogens (tertiary/aromatic N) is 4. The monoisotopic (exact) mass is 373 g/mol. The molecule has 3 aromatic heterocycles. The van der Waals surface area contributed by atoms with Gasteiger partial charge < -0.3 is 10.2 Å². The Labute approximate surface area is 153 Å². The summed E-state index contributed by atoms with van der Waals surface area (Å²) >= 11 is 7.43. The van der Waals surface area contributed by atoms with Crippen molar-refractivity contribution in [2.45, 2.75) is 12.8 Å². The van der Waals surface area contributed by atoms with Crippen LogP contribution in [-0.4, -0.2) is 33.9 Å². The van der Waals surface area contributed by atoms with Gasteiger partial charge in [0.15, 0.2) is 0 Å². The fourth-order valence-electron chi connectivity index (χ4n) is 3.09. The van der Waals surface area contributed by atoms with E-state index < -0.39 is 0 Å². The summed E-state index contributed by atoms with van der Waals surface area (Å²) in [5.41, 5.74) is 0. The van der Waals surface area contributed by atoms with Crippen LogP contribution in [0.25, 0.3) is 10.2 Å². The lowest BCUT2D eigenvalue weighted by Crippen LogP contribution is -2.41. The number of fused-ring (bicyclic) bond motifs is 1. The summed E-state index contributed by atoms with van der Waals surface area (Å²) < 4.78 is 0. The van der Waals surface area contributed by atoms with Crippen LogP contribution in [0.4, 0.5) is 11.6 Å². The lowest BCUT2D eigenvalue weighted by atomic mass is 9.97. The molecule has 1 amide bonds. The van der Waals surface area contributed by atoms with E-state index in [1.165, 1.54) is 6.20 Å². The maximum Gasteiger partial charge on any atom is 0.230 e. The van der Waals surface area contributed by atoms with Crippen LogP contribution in [0.15, 0.2) is 36.1 Å². The summed E-state index contributed by atoms with van der Waals surface area (Å²) in [5.74, 6) is 1.31. The zero-order valence-corrected chi connectivity index (χ0v) is 14.9. The number of carbonyl (C=O) groups excluding carboxylic acids is 1. The largest absolute Gasteiger partial charge is 0.355 e. The molecular weight excluding hydrogens is 358 g/mol. The van der Waals surface area contributed by atoms with Gasteiger partial charge in [-0.3, -0.25) is 4.79 Å². The molecule has 4 rings (SSSR count). The predicted molar refractivity (Wildman–Crippen MR) is 100 cm³/mol. The number of piperidine rings is 1. The highest BCUT2D eigenvalue weighted by Crippen LogP contribution is 2.30. The first-order chi connectivity index (χ1) is 12.2. The summed E-state index contributed by atoms with van der Waals surface area (Å²) in [6.45, 7) is 1.53. The van der Waals surface area contributed by atoms with E-state index in [2.05, 4.69) is 25.2 Å². The number of carbonyl (C=O) groups is 1. The lowest BCUT2D eigenvalue weighted by molar-refractivity contribution is -0.120. The molecule has 8 heteroatoms. The van der Waals surface area contributed by atoms with Crippen LogP contribution < -0.4 is 10.2 Å². The average Bonchev–Trinajstić information content (AvgIpc) is 3.12. The molecule has 0 aliphatic carbocycles. The van der Waals surface area contributed by atoms with Crippen molar-refractivity contribution in [1.82, 2.24) is 15.0 Å². The molecule has 0 bridgehead atoms. The van der Waals surface area contributed by atoms with E-state index in [9.17, 15) is 4.79 Å². The van der Waals surface area contributed by atoms with Crippen molar-refractivity contribution in [3.63, 3.8) is 0 Å². The van der Waals surface area contributed by atoms with E-state index in [1.54, 1.807) is 29.8 Å². The van der Waals surface area contributed by atoms with Crippen molar-refractivity contribution >= 4 is 50.7 Å². The van der Waals surface area contributed by atoms with E-state index in [1.807, 2.05) is 11.4 Å². The van der Waals surface area contributed by atoms with Gasteiger partial charge in [0, 0.05) is 19.3 Å². The van der Waals surface area contributed by atoms with E-state index in [0.717, 1.165) is 35.4 Å². The quantitative estimate of drug-likeness (QED) is 0.759.